The van der Waals surface area contributed by atoms with E-state index in [0.717, 1.165) is 18.4 Å². The zero-order valence-corrected chi connectivity index (χ0v) is 12.6. The van der Waals surface area contributed by atoms with Crippen molar-refractivity contribution in [3.8, 4) is 5.75 Å². The lowest BCUT2D eigenvalue weighted by molar-refractivity contribution is -0.386. The molecule has 106 valence electrons. The van der Waals surface area contributed by atoms with Crippen molar-refractivity contribution in [2.75, 3.05) is 12.4 Å². The van der Waals surface area contributed by atoms with Crippen LogP contribution in [0.15, 0.2) is 18.2 Å². The molecule has 1 aromatic rings. The molecule has 4 nitrogen and oxygen atoms in total. The van der Waals surface area contributed by atoms with Crippen LogP contribution in [0.25, 0.3) is 0 Å². The summed E-state index contributed by atoms with van der Waals surface area (Å²) in [6.07, 6.45) is 1.87. The van der Waals surface area contributed by atoms with E-state index in [9.17, 15) is 10.1 Å². The predicted octanol–water partition coefficient (Wildman–Crippen LogP) is 4.02. The van der Waals surface area contributed by atoms with Gasteiger partial charge in [-0.1, -0.05) is 26.0 Å². The fourth-order valence-electron chi connectivity index (χ4n) is 1.92. The summed E-state index contributed by atoms with van der Waals surface area (Å²) in [6.45, 7) is 6.46. The number of nitrogens with zero attached hydrogens (tertiary/aromatic N) is 1. The van der Waals surface area contributed by atoms with Gasteiger partial charge in [0.05, 0.1) is 11.5 Å². The Morgan fingerprint density at radius 3 is 2.47 bits per heavy atom. The zero-order chi connectivity index (χ0) is 14.5. The van der Waals surface area contributed by atoms with E-state index in [2.05, 4.69) is 26.5 Å². The molecule has 1 aromatic carbocycles. The normalized spacial score (nSPS) is 11.4. The van der Waals surface area contributed by atoms with Crippen molar-refractivity contribution in [3.63, 3.8) is 0 Å². The van der Waals surface area contributed by atoms with Crippen LogP contribution in [-0.4, -0.2) is 17.3 Å². The lowest BCUT2D eigenvalue weighted by atomic mass is 9.85. The van der Waals surface area contributed by atoms with Crippen LogP contribution in [-0.2, 0) is 0 Å². The Bertz CT molecular complexity index is 436. The number of para-hydroxylation sites is 1. The molecule has 0 radical (unpaired) electrons. The van der Waals surface area contributed by atoms with E-state index in [-0.39, 0.29) is 11.1 Å². The molecule has 19 heavy (non-hydrogen) atoms. The van der Waals surface area contributed by atoms with Crippen LogP contribution in [0.4, 0.5) is 5.69 Å². The fraction of sp³-hybridized carbons (Fsp3) is 0.571. The minimum absolute atomic E-state index is 0.0280. The van der Waals surface area contributed by atoms with Crippen molar-refractivity contribution in [2.45, 2.75) is 33.6 Å². The first-order chi connectivity index (χ1) is 8.99. The van der Waals surface area contributed by atoms with Gasteiger partial charge in [0.15, 0.2) is 5.75 Å². The number of nitro benzene ring substituents is 1. The Morgan fingerprint density at radius 1 is 1.37 bits per heavy atom. The highest BCUT2D eigenvalue weighted by Gasteiger charge is 2.27. The highest BCUT2D eigenvalue weighted by Crippen LogP contribution is 2.34. The Kier molecular flexibility index (Phi) is 5.66. The molecule has 0 bridgehead atoms. The van der Waals surface area contributed by atoms with Gasteiger partial charge >= 0.3 is 5.69 Å². The summed E-state index contributed by atoms with van der Waals surface area (Å²) in [4.78, 5) is 10.6. The summed E-state index contributed by atoms with van der Waals surface area (Å²) in [5, 5.41) is 11.0. The molecule has 0 unspecified atom stereocenters. The third-order valence-electron chi connectivity index (χ3n) is 3.75. The average molecular weight is 283 g/mol. The van der Waals surface area contributed by atoms with Crippen molar-refractivity contribution in [2.24, 2.45) is 5.41 Å². The van der Waals surface area contributed by atoms with Crippen molar-refractivity contribution in [1.82, 2.24) is 0 Å². The average Bonchev–Trinajstić information content (AvgIpc) is 2.42. The van der Waals surface area contributed by atoms with Gasteiger partial charge in [-0.25, -0.2) is 0 Å². The van der Waals surface area contributed by atoms with Gasteiger partial charge in [0.2, 0.25) is 0 Å². The number of hydrogen-bond donors (Lipinski definition) is 1. The van der Waals surface area contributed by atoms with Gasteiger partial charge in [-0.2, -0.15) is 12.6 Å². The van der Waals surface area contributed by atoms with Crippen molar-refractivity contribution in [3.05, 3.63) is 33.9 Å². The second kappa shape index (κ2) is 6.80. The monoisotopic (exact) mass is 283 g/mol. The van der Waals surface area contributed by atoms with Gasteiger partial charge in [-0.15, -0.1) is 0 Å². The summed E-state index contributed by atoms with van der Waals surface area (Å²) >= 11 is 4.39. The van der Waals surface area contributed by atoms with E-state index in [4.69, 9.17) is 4.74 Å². The summed E-state index contributed by atoms with van der Waals surface area (Å²) in [5.74, 6) is 1.08. The third kappa shape index (κ3) is 3.62. The van der Waals surface area contributed by atoms with Gasteiger partial charge in [0, 0.05) is 11.5 Å². The van der Waals surface area contributed by atoms with E-state index in [0.29, 0.717) is 18.1 Å². The summed E-state index contributed by atoms with van der Waals surface area (Å²) in [7, 11) is 0. The van der Waals surface area contributed by atoms with Crippen LogP contribution >= 0.6 is 12.6 Å². The van der Waals surface area contributed by atoms with Crippen LogP contribution < -0.4 is 4.74 Å². The van der Waals surface area contributed by atoms with Gasteiger partial charge in [-0.05, 0) is 31.1 Å². The first kappa shape index (κ1) is 15.8. The number of hydrogen-bond acceptors (Lipinski definition) is 4. The molecule has 0 atom stereocenters. The second-order valence-corrected chi connectivity index (χ2v) is 5.15. The Morgan fingerprint density at radius 2 is 2.00 bits per heavy atom. The van der Waals surface area contributed by atoms with Crippen molar-refractivity contribution >= 4 is 18.3 Å². The second-order valence-electron chi connectivity index (χ2n) is 4.83. The summed E-state index contributed by atoms with van der Waals surface area (Å²) in [6, 6.07) is 4.97. The molecule has 0 saturated carbocycles. The predicted molar refractivity (Wildman–Crippen MR) is 80.2 cm³/mol. The first-order valence-electron chi connectivity index (χ1n) is 6.47. The number of rotatable bonds is 7. The molecule has 0 aliphatic rings. The minimum Gasteiger partial charge on any atom is -0.486 e. The van der Waals surface area contributed by atoms with Crippen LogP contribution in [0.5, 0.6) is 5.75 Å². The molecular weight excluding hydrogens is 262 g/mol. The smallest absolute Gasteiger partial charge is 0.311 e. The van der Waals surface area contributed by atoms with Gasteiger partial charge in [0.25, 0.3) is 0 Å². The van der Waals surface area contributed by atoms with E-state index >= 15 is 0 Å². The van der Waals surface area contributed by atoms with Crippen LogP contribution in [0.2, 0.25) is 0 Å². The Labute approximate surface area is 119 Å². The molecule has 0 heterocycles. The molecule has 0 aliphatic carbocycles. The van der Waals surface area contributed by atoms with Gasteiger partial charge in [0.1, 0.15) is 0 Å². The molecule has 1 rings (SSSR count). The fourth-order valence-corrected chi connectivity index (χ4v) is 2.46. The largest absolute Gasteiger partial charge is 0.486 e. The SMILES string of the molecule is CCC(CC)(CS)COc1c(C)cccc1[N+](=O)[O-]. The number of ether oxygens (including phenoxy) is 1. The molecule has 0 saturated heterocycles. The molecule has 0 N–H and O–H groups in total. The molecule has 0 aromatic heterocycles. The minimum atomic E-state index is -0.400. The maximum Gasteiger partial charge on any atom is 0.311 e. The molecular formula is C14H21NO3S. The van der Waals surface area contributed by atoms with E-state index in [1.165, 1.54) is 6.07 Å². The quantitative estimate of drug-likeness (QED) is 0.467. The molecule has 5 heteroatoms. The third-order valence-corrected chi connectivity index (χ3v) is 4.42. The van der Waals surface area contributed by atoms with Crippen LogP contribution in [0, 0.1) is 22.5 Å². The van der Waals surface area contributed by atoms with E-state index < -0.39 is 4.92 Å². The van der Waals surface area contributed by atoms with E-state index in [1.54, 1.807) is 6.07 Å². The zero-order valence-electron chi connectivity index (χ0n) is 11.7. The van der Waals surface area contributed by atoms with Crippen molar-refractivity contribution < 1.29 is 9.66 Å². The lowest BCUT2D eigenvalue weighted by Crippen LogP contribution is -2.29. The van der Waals surface area contributed by atoms with Gasteiger partial charge in [-0.3, -0.25) is 10.1 Å². The number of benzene rings is 1. The molecule has 0 aliphatic heterocycles. The molecule has 0 amide bonds. The lowest BCUT2D eigenvalue weighted by Gasteiger charge is -2.29. The summed E-state index contributed by atoms with van der Waals surface area (Å²) in [5.41, 5.74) is 0.786. The van der Waals surface area contributed by atoms with Gasteiger partial charge < -0.3 is 4.74 Å². The van der Waals surface area contributed by atoms with Crippen LogP contribution in [0.1, 0.15) is 32.3 Å². The number of nitro groups is 1. The number of aryl methyl sites for hydroxylation is 1. The maximum absolute atomic E-state index is 11.0. The topological polar surface area (TPSA) is 52.4 Å². The first-order valence-corrected chi connectivity index (χ1v) is 7.10. The highest BCUT2D eigenvalue weighted by molar-refractivity contribution is 7.80. The van der Waals surface area contributed by atoms with E-state index in [1.807, 2.05) is 13.0 Å². The number of thiol groups is 1. The van der Waals surface area contributed by atoms with Crippen molar-refractivity contribution in [1.29, 1.82) is 0 Å². The molecule has 0 spiro atoms. The highest BCUT2D eigenvalue weighted by atomic mass is 32.1. The standard InChI is InChI=1S/C14H21NO3S/c1-4-14(5-2,10-19)9-18-13-11(3)7-6-8-12(13)15(16)17/h6-8,19H,4-5,9-10H2,1-3H3. The Balaban J connectivity index is 2.97. The van der Waals surface area contributed by atoms with Crippen LogP contribution in [0.3, 0.4) is 0 Å². The molecule has 0 fully saturated rings. The Hall–Kier alpha value is -1.23. The summed E-state index contributed by atoms with van der Waals surface area (Å²) < 4.78 is 5.78. The maximum atomic E-state index is 11.0.